The maximum absolute atomic E-state index is 13.1. The number of ether oxygens (including phenoxy) is 1. The highest BCUT2D eigenvalue weighted by molar-refractivity contribution is 7.46. The van der Waals surface area contributed by atoms with E-state index in [9.17, 15) is 24.4 Å². The zero-order chi connectivity index (χ0) is 23.0. The second kappa shape index (κ2) is 8.79. The van der Waals surface area contributed by atoms with Crippen molar-refractivity contribution in [1.82, 2.24) is 9.13 Å². The molecule has 4 N–H and O–H groups in total. The highest BCUT2D eigenvalue weighted by Crippen LogP contribution is 2.38. The summed E-state index contributed by atoms with van der Waals surface area (Å²) in [4.78, 5) is 43.1. The molecule has 1 saturated heterocycles. The average Bonchev–Trinajstić information content (AvgIpc) is 2.98. The number of aliphatic hydroxyl groups excluding tert-OH is 2. The Morgan fingerprint density at radius 1 is 1.10 bits per heavy atom. The molecule has 170 valence electrons. The van der Waals surface area contributed by atoms with Gasteiger partial charge in [-0.05, 0) is 5.56 Å². The van der Waals surface area contributed by atoms with Crippen molar-refractivity contribution in [2.24, 2.45) is 0 Å². The van der Waals surface area contributed by atoms with E-state index in [0.717, 1.165) is 27.0 Å². The van der Waals surface area contributed by atoms with E-state index in [1.165, 1.54) is 0 Å². The smallest absolute Gasteiger partial charge is 0.387 e. The van der Waals surface area contributed by atoms with Crippen molar-refractivity contribution in [1.29, 1.82) is 0 Å². The van der Waals surface area contributed by atoms with Crippen LogP contribution in [0.5, 0.6) is 0 Å². The minimum atomic E-state index is -4.82. The lowest BCUT2D eigenvalue weighted by Crippen LogP contribution is -2.45. The SMILES string of the molecule is CC(C)(Cn1c(=O)ccn([C@@H]2O[C@H](COP(=O)(O)O)[C@H](O)C2O)c1=O)c1ccccc1. The summed E-state index contributed by atoms with van der Waals surface area (Å²) in [6.45, 7) is 3.11. The van der Waals surface area contributed by atoms with Gasteiger partial charge >= 0.3 is 13.5 Å². The zero-order valence-electron chi connectivity index (χ0n) is 16.9. The van der Waals surface area contributed by atoms with Gasteiger partial charge in [-0.3, -0.25) is 18.5 Å². The van der Waals surface area contributed by atoms with Gasteiger partial charge in [0.1, 0.15) is 18.3 Å². The highest BCUT2D eigenvalue weighted by atomic mass is 31.2. The zero-order valence-corrected chi connectivity index (χ0v) is 17.8. The van der Waals surface area contributed by atoms with E-state index in [1.54, 1.807) is 0 Å². The van der Waals surface area contributed by atoms with Crippen molar-refractivity contribution in [3.05, 3.63) is 69.0 Å². The van der Waals surface area contributed by atoms with Crippen LogP contribution in [-0.2, 0) is 25.8 Å². The van der Waals surface area contributed by atoms with Crippen LogP contribution in [0.15, 0.2) is 52.2 Å². The molecular formula is C19H25N2O9P. The molecule has 0 radical (unpaired) electrons. The van der Waals surface area contributed by atoms with E-state index in [1.807, 2.05) is 44.2 Å². The number of phosphoric acid groups is 1. The van der Waals surface area contributed by atoms with Crippen molar-refractivity contribution in [3.63, 3.8) is 0 Å². The largest absolute Gasteiger partial charge is 0.469 e. The number of phosphoric ester groups is 1. The first-order valence-corrected chi connectivity index (χ1v) is 11.0. The molecule has 0 amide bonds. The van der Waals surface area contributed by atoms with Crippen LogP contribution in [0.4, 0.5) is 0 Å². The van der Waals surface area contributed by atoms with Gasteiger partial charge < -0.3 is 24.7 Å². The van der Waals surface area contributed by atoms with Crippen molar-refractivity contribution >= 4 is 7.82 Å². The van der Waals surface area contributed by atoms with Crippen LogP contribution in [0.25, 0.3) is 0 Å². The third-order valence-corrected chi connectivity index (χ3v) is 5.71. The normalized spacial score (nSPS) is 24.5. The van der Waals surface area contributed by atoms with Gasteiger partial charge in [0.2, 0.25) is 0 Å². The van der Waals surface area contributed by atoms with Crippen molar-refractivity contribution in [2.75, 3.05) is 6.61 Å². The van der Waals surface area contributed by atoms with Crippen molar-refractivity contribution in [3.8, 4) is 0 Å². The predicted octanol–water partition coefficient (Wildman–Crippen LogP) is -0.284. The minimum absolute atomic E-state index is 0.0473. The molecular weight excluding hydrogens is 431 g/mol. The summed E-state index contributed by atoms with van der Waals surface area (Å²) in [6.07, 6.45) is -4.68. The maximum atomic E-state index is 13.1. The van der Waals surface area contributed by atoms with Crippen LogP contribution in [0.1, 0.15) is 25.6 Å². The van der Waals surface area contributed by atoms with Crippen LogP contribution in [0.3, 0.4) is 0 Å². The number of benzene rings is 1. The fraction of sp³-hybridized carbons (Fsp3) is 0.474. The topological polar surface area (TPSA) is 160 Å². The Morgan fingerprint density at radius 2 is 1.74 bits per heavy atom. The first-order valence-electron chi connectivity index (χ1n) is 9.50. The Bertz CT molecular complexity index is 1080. The Kier molecular flexibility index (Phi) is 6.68. The molecule has 12 heteroatoms. The number of hydrogen-bond donors (Lipinski definition) is 4. The summed E-state index contributed by atoms with van der Waals surface area (Å²) in [5.74, 6) is 0. The predicted molar refractivity (Wildman–Crippen MR) is 108 cm³/mol. The Hall–Kier alpha value is -2.11. The number of hydrogen-bond acceptors (Lipinski definition) is 7. The lowest BCUT2D eigenvalue weighted by molar-refractivity contribution is -0.0549. The van der Waals surface area contributed by atoms with Crippen LogP contribution in [-0.4, -0.2) is 54.1 Å². The van der Waals surface area contributed by atoms with Gasteiger partial charge in [0.15, 0.2) is 6.23 Å². The highest BCUT2D eigenvalue weighted by Gasteiger charge is 2.45. The molecule has 1 aliphatic heterocycles. The summed E-state index contributed by atoms with van der Waals surface area (Å²) in [7, 11) is -4.82. The summed E-state index contributed by atoms with van der Waals surface area (Å²) in [6, 6.07) is 10.5. The summed E-state index contributed by atoms with van der Waals surface area (Å²) >= 11 is 0. The van der Waals surface area contributed by atoms with Gasteiger partial charge in [-0.2, -0.15) is 0 Å². The second-order valence-corrected chi connectivity index (χ2v) is 9.25. The molecule has 3 rings (SSSR count). The molecule has 1 aromatic carbocycles. The van der Waals surface area contributed by atoms with Gasteiger partial charge in [0.25, 0.3) is 5.56 Å². The van der Waals surface area contributed by atoms with Crippen molar-refractivity contribution < 1.29 is 33.8 Å². The standard InChI is InChI=1S/C19H25N2O9P/c1-19(2,12-6-4-3-5-7-12)11-21-14(22)8-9-20(18(21)25)17-16(24)15(23)13(30-17)10-29-31(26,27)28/h3-9,13,15-17,23-24H,10-11H2,1-2H3,(H2,26,27,28)/t13-,15+,16?,17-/m1/s1. The van der Waals surface area contributed by atoms with Gasteiger partial charge in [-0.1, -0.05) is 44.2 Å². The maximum Gasteiger partial charge on any atom is 0.469 e. The molecule has 0 saturated carbocycles. The number of aromatic nitrogens is 2. The van der Waals surface area contributed by atoms with E-state index >= 15 is 0 Å². The van der Waals surface area contributed by atoms with E-state index in [4.69, 9.17) is 14.5 Å². The molecule has 0 aliphatic carbocycles. The van der Waals surface area contributed by atoms with Crippen LogP contribution >= 0.6 is 7.82 Å². The Balaban J connectivity index is 1.89. The van der Waals surface area contributed by atoms with Crippen LogP contribution < -0.4 is 11.2 Å². The molecule has 0 bridgehead atoms. The van der Waals surface area contributed by atoms with Gasteiger partial charge in [0.05, 0.1) is 6.61 Å². The lowest BCUT2D eigenvalue weighted by Gasteiger charge is -2.27. The molecule has 1 fully saturated rings. The third kappa shape index (κ3) is 5.21. The Morgan fingerprint density at radius 3 is 2.35 bits per heavy atom. The summed E-state index contributed by atoms with van der Waals surface area (Å²) in [5.41, 5.74) is -0.958. The van der Waals surface area contributed by atoms with Crippen LogP contribution in [0.2, 0.25) is 0 Å². The molecule has 11 nitrogen and oxygen atoms in total. The number of nitrogens with zero attached hydrogens (tertiary/aromatic N) is 2. The van der Waals surface area contributed by atoms with E-state index in [-0.39, 0.29) is 6.54 Å². The summed E-state index contributed by atoms with van der Waals surface area (Å²) in [5, 5.41) is 20.5. The van der Waals surface area contributed by atoms with Gasteiger partial charge in [0, 0.05) is 24.2 Å². The molecule has 4 atom stereocenters. The molecule has 31 heavy (non-hydrogen) atoms. The van der Waals surface area contributed by atoms with Gasteiger partial charge in [-0.25, -0.2) is 9.36 Å². The number of aliphatic hydroxyl groups is 2. The fourth-order valence-corrected chi connectivity index (χ4v) is 3.85. The minimum Gasteiger partial charge on any atom is -0.387 e. The van der Waals surface area contributed by atoms with E-state index in [2.05, 4.69) is 4.52 Å². The Labute approximate surface area is 177 Å². The monoisotopic (exact) mass is 456 g/mol. The molecule has 1 unspecified atom stereocenters. The van der Waals surface area contributed by atoms with Gasteiger partial charge in [-0.15, -0.1) is 0 Å². The molecule has 0 spiro atoms. The quantitative estimate of drug-likeness (QED) is 0.411. The third-order valence-electron chi connectivity index (χ3n) is 5.22. The van der Waals surface area contributed by atoms with Crippen molar-refractivity contribution in [2.45, 2.75) is 50.3 Å². The number of rotatable bonds is 7. The summed E-state index contributed by atoms with van der Waals surface area (Å²) < 4.78 is 22.6. The van der Waals surface area contributed by atoms with E-state index in [0.29, 0.717) is 0 Å². The lowest BCUT2D eigenvalue weighted by atomic mass is 9.84. The van der Waals surface area contributed by atoms with Crippen LogP contribution in [0, 0.1) is 0 Å². The second-order valence-electron chi connectivity index (χ2n) is 8.01. The fourth-order valence-electron chi connectivity index (χ4n) is 3.51. The van der Waals surface area contributed by atoms with E-state index < -0.39 is 55.6 Å². The average molecular weight is 456 g/mol. The first kappa shape index (κ1) is 23.6. The first-order chi connectivity index (χ1) is 14.4. The molecule has 1 aromatic heterocycles. The molecule has 1 aliphatic rings. The molecule has 2 aromatic rings. The molecule has 2 heterocycles.